The van der Waals surface area contributed by atoms with E-state index in [0.29, 0.717) is 5.15 Å². The highest BCUT2D eigenvalue weighted by atomic mass is 35.5. The third kappa shape index (κ3) is 1.57. The molecule has 2 aromatic heterocycles. The summed E-state index contributed by atoms with van der Waals surface area (Å²) in [5.74, 6) is 1.51. The zero-order chi connectivity index (χ0) is 10.1. The second-order valence-corrected chi connectivity index (χ2v) is 4.09. The fourth-order valence-corrected chi connectivity index (χ4v) is 1.84. The average molecular weight is 229 g/mol. The van der Waals surface area contributed by atoms with Gasteiger partial charge in [0.05, 0.1) is 17.3 Å². The standard InChI is InChI=1S/C8H9ClN4S/c1-13-8-5(3-10-13)7(9)11-6(12-8)4-14-2/h3H,4H2,1-2H3. The predicted octanol–water partition coefficient (Wildman–Crippen LogP) is 1.88. The van der Waals surface area contributed by atoms with Crippen molar-refractivity contribution in [2.75, 3.05) is 6.26 Å². The Morgan fingerprint density at radius 3 is 3.00 bits per heavy atom. The SMILES string of the molecule is CSCc1nc(Cl)c2cnn(C)c2n1. The Balaban J connectivity index is 2.63. The topological polar surface area (TPSA) is 43.6 Å². The zero-order valence-electron chi connectivity index (χ0n) is 7.86. The number of rotatable bonds is 2. The Bertz CT molecular complexity index is 468. The number of nitrogens with zero attached hydrogens (tertiary/aromatic N) is 4. The van der Waals surface area contributed by atoms with Crippen LogP contribution < -0.4 is 0 Å². The van der Waals surface area contributed by atoms with Crippen LogP contribution in [0.5, 0.6) is 0 Å². The van der Waals surface area contributed by atoms with Crippen LogP contribution in [0.4, 0.5) is 0 Å². The molecule has 0 saturated carbocycles. The molecule has 0 fully saturated rings. The van der Waals surface area contributed by atoms with Gasteiger partial charge in [-0.1, -0.05) is 11.6 Å². The monoisotopic (exact) mass is 228 g/mol. The van der Waals surface area contributed by atoms with E-state index in [1.807, 2.05) is 13.3 Å². The first-order valence-corrected chi connectivity index (χ1v) is 5.82. The molecule has 0 amide bonds. The smallest absolute Gasteiger partial charge is 0.162 e. The van der Waals surface area contributed by atoms with Crippen molar-refractivity contribution in [1.82, 2.24) is 19.7 Å². The maximum Gasteiger partial charge on any atom is 0.162 e. The third-order valence-corrected chi connectivity index (χ3v) is 2.70. The molecule has 74 valence electrons. The molecule has 0 aliphatic carbocycles. The highest BCUT2D eigenvalue weighted by Gasteiger charge is 2.08. The van der Waals surface area contributed by atoms with Crippen LogP contribution >= 0.6 is 23.4 Å². The summed E-state index contributed by atoms with van der Waals surface area (Å²) in [5, 5.41) is 5.36. The second-order valence-electron chi connectivity index (χ2n) is 2.87. The summed E-state index contributed by atoms with van der Waals surface area (Å²) >= 11 is 7.66. The van der Waals surface area contributed by atoms with Crippen LogP contribution in [-0.2, 0) is 12.8 Å². The summed E-state index contributed by atoms with van der Waals surface area (Å²) in [6.07, 6.45) is 3.69. The molecule has 0 aliphatic rings. The van der Waals surface area contributed by atoms with E-state index < -0.39 is 0 Å². The molecular weight excluding hydrogens is 220 g/mol. The number of hydrogen-bond donors (Lipinski definition) is 0. The Morgan fingerprint density at radius 2 is 2.29 bits per heavy atom. The maximum absolute atomic E-state index is 6.00. The first-order chi connectivity index (χ1) is 6.72. The van der Waals surface area contributed by atoms with Crippen LogP contribution in [0.15, 0.2) is 6.20 Å². The Labute approximate surface area is 90.7 Å². The number of aromatic nitrogens is 4. The molecule has 0 unspecified atom stereocenters. The molecule has 0 saturated heterocycles. The van der Waals surface area contributed by atoms with Gasteiger partial charge >= 0.3 is 0 Å². The van der Waals surface area contributed by atoms with E-state index in [-0.39, 0.29) is 0 Å². The van der Waals surface area contributed by atoms with Crippen LogP contribution in [0.2, 0.25) is 5.15 Å². The molecule has 0 N–H and O–H groups in total. The molecule has 14 heavy (non-hydrogen) atoms. The number of aryl methyl sites for hydroxylation is 1. The molecule has 2 aromatic rings. The van der Waals surface area contributed by atoms with Gasteiger partial charge in [0.1, 0.15) is 11.0 Å². The second kappa shape index (κ2) is 3.74. The van der Waals surface area contributed by atoms with Gasteiger partial charge in [0.2, 0.25) is 0 Å². The summed E-state index contributed by atoms with van der Waals surface area (Å²) < 4.78 is 1.70. The number of thioether (sulfide) groups is 1. The van der Waals surface area contributed by atoms with Gasteiger partial charge in [0, 0.05) is 7.05 Å². The normalized spacial score (nSPS) is 11.1. The first kappa shape index (κ1) is 9.73. The molecule has 0 atom stereocenters. The van der Waals surface area contributed by atoms with E-state index >= 15 is 0 Å². The van der Waals surface area contributed by atoms with Crippen molar-refractivity contribution in [2.24, 2.45) is 7.05 Å². The molecular formula is C8H9ClN4S. The molecule has 2 heterocycles. The summed E-state index contributed by atoms with van der Waals surface area (Å²) in [7, 11) is 1.84. The summed E-state index contributed by atoms with van der Waals surface area (Å²) in [6.45, 7) is 0. The van der Waals surface area contributed by atoms with Crippen LogP contribution in [0.25, 0.3) is 11.0 Å². The van der Waals surface area contributed by atoms with Crippen molar-refractivity contribution in [2.45, 2.75) is 5.75 Å². The minimum Gasteiger partial charge on any atom is -0.250 e. The number of fused-ring (bicyclic) bond motifs is 1. The fourth-order valence-electron chi connectivity index (χ4n) is 1.22. The van der Waals surface area contributed by atoms with Crippen molar-refractivity contribution in [1.29, 1.82) is 0 Å². The largest absolute Gasteiger partial charge is 0.250 e. The summed E-state index contributed by atoms with van der Waals surface area (Å²) in [6, 6.07) is 0. The minimum absolute atomic E-state index is 0.479. The van der Waals surface area contributed by atoms with Gasteiger partial charge in [0.15, 0.2) is 5.65 Å². The van der Waals surface area contributed by atoms with Crippen LogP contribution in [0.3, 0.4) is 0 Å². The molecule has 0 bridgehead atoms. The van der Waals surface area contributed by atoms with Crippen molar-refractivity contribution in [3.63, 3.8) is 0 Å². The highest BCUT2D eigenvalue weighted by Crippen LogP contribution is 2.20. The molecule has 2 rings (SSSR count). The number of hydrogen-bond acceptors (Lipinski definition) is 4. The van der Waals surface area contributed by atoms with Crippen molar-refractivity contribution in [3.8, 4) is 0 Å². The number of halogens is 1. The minimum atomic E-state index is 0.479. The lowest BCUT2D eigenvalue weighted by Crippen LogP contribution is -1.97. The Morgan fingerprint density at radius 1 is 1.50 bits per heavy atom. The molecule has 0 spiro atoms. The molecule has 0 aromatic carbocycles. The third-order valence-electron chi connectivity index (χ3n) is 1.87. The summed E-state index contributed by atoms with van der Waals surface area (Å²) in [5.41, 5.74) is 0.786. The average Bonchev–Trinajstić information content (AvgIpc) is 2.49. The van der Waals surface area contributed by atoms with Gasteiger partial charge in [-0.2, -0.15) is 16.9 Å². The maximum atomic E-state index is 6.00. The molecule has 0 aliphatic heterocycles. The van der Waals surface area contributed by atoms with E-state index in [9.17, 15) is 0 Å². The van der Waals surface area contributed by atoms with Gasteiger partial charge < -0.3 is 0 Å². The highest BCUT2D eigenvalue weighted by molar-refractivity contribution is 7.97. The van der Waals surface area contributed by atoms with Crippen LogP contribution in [-0.4, -0.2) is 26.0 Å². The van der Waals surface area contributed by atoms with Gasteiger partial charge in [-0.3, -0.25) is 4.68 Å². The van der Waals surface area contributed by atoms with E-state index in [4.69, 9.17) is 11.6 Å². The Kier molecular flexibility index (Phi) is 2.60. The van der Waals surface area contributed by atoms with Crippen molar-refractivity contribution >= 4 is 34.4 Å². The Hall–Kier alpha value is -0.810. The molecule has 0 radical (unpaired) electrons. The lowest BCUT2D eigenvalue weighted by Gasteiger charge is -1.99. The van der Waals surface area contributed by atoms with Crippen LogP contribution in [0, 0.1) is 0 Å². The zero-order valence-corrected chi connectivity index (χ0v) is 9.43. The lowest BCUT2D eigenvalue weighted by atomic mass is 10.4. The van der Waals surface area contributed by atoms with E-state index in [2.05, 4.69) is 15.1 Å². The van der Waals surface area contributed by atoms with Crippen LogP contribution in [0.1, 0.15) is 5.82 Å². The van der Waals surface area contributed by atoms with Crippen molar-refractivity contribution < 1.29 is 0 Å². The van der Waals surface area contributed by atoms with Gasteiger partial charge in [0.25, 0.3) is 0 Å². The fraction of sp³-hybridized carbons (Fsp3) is 0.375. The van der Waals surface area contributed by atoms with E-state index in [1.54, 1.807) is 22.6 Å². The quantitative estimate of drug-likeness (QED) is 0.737. The van der Waals surface area contributed by atoms with Gasteiger partial charge in [-0.05, 0) is 6.26 Å². The molecule has 4 nitrogen and oxygen atoms in total. The first-order valence-electron chi connectivity index (χ1n) is 4.05. The van der Waals surface area contributed by atoms with Gasteiger partial charge in [-0.15, -0.1) is 0 Å². The van der Waals surface area contributed by atoms with Gasteiger partial charge in [-0.25, -0.2) is 9.97 Å². The molecule has 6 heteroatoms. The van der Waals surface area contributed by atoms with E-state index in [0.717, 1.165) is 22.6 Å². The van der Waals surface area contributed by atoms with E-state index in [1.165, 1.54) is 0 Å². The lowest BCUT2D eigenvalue weighted by molar-refractivity contribution is 0.782. The summed E-state index contributed by atoms with van der Waals surface area (Å²) in [4.78, 5) is 8.55. The predicted molar refractivity (Wildman–Crippen MR) is 58.5 cm³/mol. The van der Waals surface area contributed by atoms with Crippen molar-refractivity contribution in [3.05, 3.63) is 17.2 Å².